The molecule has 0 saturated heterocycles. The Labute approximate surface area is 216 Å². The minimum atomic E-state index is -0.856. The number of nitrogens with zero attached hydrogens (tertiary/aromatic N) is 3. The molecule has 0 aliphatic heterocycles. The van der Waals surface area contributed by atoms with Crippen molar-refractivity contribution in [3.8, 4) is 28.2 Å². The summed E-state index contributed by atoms with van der Waals surface area (Å²) in [4.78, 5) is 29.7. The van der Waals surface area contributed by atoms with E-state index in [9.17, 15) is 14.0 Å². The minimum absolute atomic E-state index is 0.235. The monoisotopic (exact) mass is 511 g/mol. The normalized spacial score (nSPS) is 10.8. The lowest BCUT2D eigenvalue weighted by atomic mass is 10.0. The minimum Gasteiger partial charge on any atom is -0.451 e. The predicted octanol–water partition coefficient (Wildman–Crippen LogP) is 6.43. The zero-order valence-corrected chi connectivity index (χ0v) is 20.1. The summed E-state index contributed by atoms with van der Waals surface area (Å²) in [5.41, 5.74) is 3.55. The van der Waals surface area contributed by atoms with Gasteiger partial charge in [-0.05, 0) is 59.7 Å². The number of benzene rings is 4. The lowest BCUT2D eigenvalue weighted by Crippen LogP contribution is -2.15. The van der Waals surface area contributed by atoms with Crippen molar-refractivity contribution >= 4 is 23.4 Å². The highest BCUT2D eigenvalue weighted by Gasteiger charge is 2.21. The zero-order valence-electron chi connectivity index (χ0n) is 19.3. The number of hydrogen-bond donors (Lipinski definition) is 0. The van der Waals surface area contributed by atoms with E-state index >= 15 is 0 Å². The molecule has 5 rings (SSSR count). The van der Waals surface area contributed by atoms with Gasteiger partial charge in [-0.1, -0.05) is 66.2 Å². The Balaban J connectivity index is 1.34. The molecule has 0 fully saturated rings. The summed E-state index contributed by atoms with van der Waals surface area (Å²) in [5, 5.41) is 4.82. The second kappa shape index (κ2) is 10.6. The summed E-state index contributed by atoms with van der Waals surface area (Å²) >= 11 is 6.00. The topological polar surface area (TPSA) is 74.1 Å². The first kappa shape index (κ1) is 24.1. The van der Waals surface area contributed by atoms with Gasteiger partial charge in [0, 0.05) is 16.1 Å². The molecule has 4 aromatic carbocycles. The molecule has 0 spiro atoms. The SMILES string of the molecule is O=C(COC(=O)c1nc(-c2ccc(F)cc2)n(-c2ccc(Cl)cc2)n1)c1ccc(-c2ccccc2)cc1. The van der Waals surface area contributed by atoms with Gasteiger partial charge in [-0.3, -0.25) is 4.79 Å². The third-order valence-electron chi connectivity index (χ3n) is 5.61. The molecule has 8 heteroatoms. The zero-order chi connectivity index (χ0) is 25.8. The maximum Gasteiger partial charge on any atom is 0.378 e. The molecule has 0 unspecified atom stereocenters. The van der Waals surface area contributed by atoms with Crippen molar-refractivity contribution in [1.82, 2.24) is 14.8 Å². The molecular formula is C29H19ClFN3O3. The van der Waals surface area contributed by atoms with Crippen LogP contribution in [0.1, 0.15) is 21.0 Å². The lowest BCUT2D eigenvalue weighted by Gasteiger charge is -2.06. The summed E-state index contributed by atoms with van der Waals surface area (Å²) < 4.78 is 20.1. The van der Waals surface area contributed by atoms with Crippen LogP contribution in [-0.2, 0) is 4.74 Å². The summed E-state index contributed by atoms with van der Waals surface area (Å²) in [6.45, 7) is -0.467. The predicted molar refractivity (Wildman–Crippen MR) is 138 cm³/mol. The van der Waals surface area contributed by atoms with E-state index in [1.807, 2.05) is 42.5 Å². The van der Waals surface area contributed by atoms with Crippen molar-refractivity contribution in [2.75, 3.05) is 6.61 Å². The summed E-state index contributed by atoms with van der Waals surface area (Å²) in [7, 11) is 0. The van der Waals surface area contributed by atoms with E-state index in [1.165, 1.54) is 28.9 Å². The Bertz CT molecular complexity index is 1490. The van der Waals surface area contributed by atoms with Gasteiger partial charge in [0.25, 0.3) is 5.82 Å². The highest BCUT2D eigenvalue weighted by Crippen LogP contribution is 2.23. The van der Waals surface area contributed by atoms with Crippen molar-refractivity contribution in [3.63, 3.8) is 0 Å². The fourth-order valence-electron chi connectivity index (χ4n) is 3.70. The summed E-state index contributed by atoms with van der Waals surface area (Å²) in [6.07, 6.45) is 0. The van der Waals surface area contributed by atoms with Crippen LogP contribution in [0.25, 0.3) is 28.2 Å². The Morgan fingerprint density at radius 1 is 0.784 bits per heavy atom. The van der Waals surface area contributed by atoms with Crippen LogP contribution in [0.3, 0.4) is 0 Å². The van der Waals surface area contributed by atoms with Crippen LogP contribution < -0.4 is 0 Å². The fourth-order valence-corrected chi connectivity index (χ4v) is 3.83. The summed E-state index contributed by atoms with van der Waals surface area (Å²) in [6, 6.07) is 29.3. The number of ether oxygens (including phenoxy) is 1. The van der Waals surface area contributed by atoms with E-state index in [4.69, 9.17) is 16.3 Å². The van der Waals surface area contributed by atoms with Gasteiger partial charge in [0.2, 0.25) is 0 Å². The fraction of sp³-hybridized carbons (Fsp3) is 0.0345. The quantitative estimate of drug-likeness (QED) is 0.186. The van der Waals surface area contributed by atoms with Crippen LogP contribution in [0.2, 0.25) is 5.02 Å². The largest absolute Gasteiger partial charge is 0.451 e. The average molecular weight is 512 g/mol. The van der Waals surface area contributed by atoms with Crippen molar-refractivity contribution in [1.29, 1.82) is 0 Å². The van der Waals surface area contributed by atoms with E-state index in [1.54, 1.807) is 36.4 Å². The van der Waals surface area contributed by atoms with Crippen LogP contribution in [0.15, 0.2) is 103 Å². The van der Waals surface area contributed by atoms with Crippen molar-refractivity contribution in [2.24, 2.45) is 0 Å². The van der Waals surface area contributed by atoms with Gasteiger partial charge >= 0.3 is 5.97 Å². The first-order chi connectivity index (χ1) is 18.0. The molecule has 0 bridgehead atoms. The van der Waals surface area contributed by atoms with E-state index in [2.05, 4.69) is 10.1 Å². The number of Topliss-reactive ketones (excluding diaryl/α,β-unsaturated/α-hetero) is 1. The number of carbonyl (C=O) groups excluding carboxylic acids is 2. The van der Waals surface area contributed by atoms with Crippen LogP contribution >= 0.6 is 11.6 Å². The molecular weight excluding hydrogens is 493 g/mol. The molecule has 6 nitrogen and oxygen atoms in total. The van der Waals surface area contributed by atoms with Crippen LogP contribution in [0.4, 0.5) is 4.39 Å². The van der Waals surface area contributed by atoms with Gasteiger partial charge in [0.15, 0.2) is 18.2 Å². The number of aromatic nitrogens is 3. The van der Waals surface area contributed by atoms with Gasteiger partial charge in [0.05, 0.1) is 5.69 Å². The number of carbonyl (C=O) groups is 2. The van der Waals surface area contributed by atoms with Crippen LogP contribution in [0.5, 0.6) is 0 Å². The Morgan fingerprint density at radius 3 is 2.08 bits per heavy atom. The molecule has 0 aliphatic rings. The van der Waals surface area contributed by atoms with Gasteiger partial charge in [0.1, 0.15) is 5.82 Å². The molecule has 0 atom stereocenters. The molecule has 1 aromatic heterocycles. The third-order valence-corrected chi connectivity index (χ3v) is 5.86. The average Bonchev–Trinajstić information content (AvgIpc) is 3.38. The van der Waals surface area contributed by atoms with E-state index in [0.29, 0.717) is 27.7 Å². The van der Waals surface area contributed by atoms with Gasteiger partial charge < -0.3 is 4.74 Å². The first-order valence-corrected chi connectivity index (χ1v) is 11.7. The molecule has 0 amide bonds. The van der Waals surface area contributed by atoms with Crippen molar-refractivity contribution < 1.29 is 18.7 Å². The number of rotatable bonds is 7. The molecule has 0 aliphatic carbocycles. The Hall–Kier alpha value is -4.62. The van der Waals surface area contributed by atoms with E-state index in [-0.39, 0.29) is 11.6 Å². The number of halogens is 2. The van der Waals surface area contributed by atoms with Gasteiger partial charge in [-0.15, -0.1) is 5.10 Å². The van der Waals surface area contributed by atoms with Gasteiger partial charge in [-0.25, -0.2) is 18.9 Å². The standard InChI is InChI=1S/C29H19ClFN3O3/c30-23-12-16-25(17-13-23)34-28(22-10-14-24(31)15-11-22)32-27(33-34)29(36)37-18-26(35)21-8-6-20(7-9-21)19-4-2-1-3-5-19/h1-17H,18H2. The molecule has 0 radical (unpaired) electrons. The number of ketones is 1. The smallest absolute Gasteiger partial charge is 0.378 e. The molecule has 37 heavy (non-hydrogen) atoms. The lowest BCUT2D eigenvalue weighted by molar-refractivity contribution is 0.0462. The third kappa shape index (κ3) is 5.47. The molecule has 0 N–H and O–H groups in total. The number of hydrogen-bond acceptors (Lipinski definition) is 5. The highest BCUT2D eigenvalue weighted by atomic mass is 35.5. The second-order valence-electron chi connectivity index (χ2n) is 8.10. The van der Waals surface area contributed by atoms with Crippen LogP contribution in [-0.4, -0.2) is 33.1 Å². The first-order valence-electron chi connectivity index (χ1n) is 11.3. The molecule has 5 aromatic rings. The van der Waals surface area contributed by atoms with E-state index in [0.717, 1.165) is 11.1 Å². The number of esters is 1. The van der Waals surface area contributed by atoms with E-state index < -0.39 is 18.4 Å². The highest BCUT2D eigenvalue weighted by molar-refractivity contribution is 6.30. The van der Waals surface area contributed by atoms with Crippen molar-refractivity contribution in [2.45, 2.75) is 0 Å². The summed E-state index contributed by atoms with van der Waals surface area (Å²) in [5.74, 6) is -1.55. The van der Waals surface area contributed by atoms with Gasteiger partial charge in [-0.2, -0.15) is 0 Å². The molecule has 1 heterocycles. The maximum absolute atomic E-state index is 13.5. The molecule has 182 valence electrons. The van der Waals surface area contributed by atoms with Crippen LogP contribution in [0, 0.1) is 5.82 Å². The Morgan fingerprint density at radius 2 is 1.41 bits per heavy atom. The Kier molecular flexibility index (Phi) is 6.87. The van der Waals surface area contributed by atoms with Crippen molar-refractivity contribution in [3.05, 3.63) is 125 Å². The maximum atomic E-state index is 13.5. The second-order valence-corrected chi connectivity index (χ2v) is 8.53. The molecule has 0 saturated carbocycles.